The van der Waals surface area contributed by atoms with E-state index in [4.69, 9.17) is 4.42 Å². The van der Waals surface area contributed by atoms with Crippen LogP contribution in [0.3, 0.4) is 0 Å². The zero-order valence-electron chi connectivity index (χ0n) is 12.9. The molecule has 3 nitrogen and oxygen atoms in total. The molecule has 116 valence electrons. The van der Waals surface area contributed by atoms with Crippen LogP contribution >= 0.6 is 27.3 Å². The Bertz CT molecular complexity index is 550. The van der Waals surface area contributed by atoms with Gasteiger partial charge in [0.1, 0.15) is 5.76 Å². The molecular formula is C16H23BrN2OS. The van der Waals surface area contributed by atoms with Crippen molar-refractivity contribution in [2.75, 3.05) is 13.6 Å². The minimum absolute atomic E-state index is 0.674. The van der Waals surface area contributed by atoms with Crippen LogP contribution in [0.1, 0.15) is 30.7 Å². The van der Waals surface area contributed by atoms with Crippen LogP contribution in [0.4, 0.5) is 0 Å². The van der Waals surface area contributed by atoms with Gasteiger partial charge < -0.3 is 9.73 Å². The zero-order chi connectivity index (χ0) is 15.2. The second-order valence-electron chi connectivity index (χ2n) is 5.88. The van der Waals surface area contributed by atoms with Crippen molar-refractivity contribution in [3.8, 4) is 0 Å². The van der Waals surface area contributed by atoms with Crippen LogP contribution in [-0.2, 0) is 19.6 Å². The van der Waals surface area contributed by atoms with Crippen LogP contribution < -0.4 is 5.32 Å². The van der Waals surface area contributed by atoms with E-state index in [1.165, 1.54) is 14.9 Å². The van der Waals surface area contributed by atoms with Gasteiger partial charge in [-0.25, -0.2) is 0 Å². The van der Waals surface area contributed by atoms with Gasteiger partial charge in [-0.05, 0) is 58.5 Å². The highest BCUT2D eigenvalue weighted by molar-refractivity contribution is 9.11. The molecule has 0 aliphatic rings. The van der Waals surface area contributed by atoms with E-state index in [1.54, 1.807) is 11.3 Å². The first-order valence-electron chi connectivity index (χ1n) is 7.21. The molecule has 5 heteroatoms. The molecule has 0 unspecified atom stereocenters. The first kappa shape index (κ1) is 16.7. The molecule has 2 heterocycles. The molecule has 0 bridgehead atoms. The molecule has 0 saturated heterocycles. The van der Waals surface area contributed by atoms with Crippen LogP contribution in [-0.4, -0.2) is 18.5 Å². The SMILES string of the molecule is CC(C)CNCc1coc(CN(C)Cc2csc(Br)c2)c1. The van der Waals surface area contributed by atoms with E-state index in [2.05, 4.69) is 64.6 Å². The van der Waals surface area contributed by atoms with Crippen molar-refractivity contribution in [3.63, 3.8) is 0 Å². The molecule has 0 aliphatic heterocycles. The van der Waals surface area contributed by atoms with Crippen LogP contribution in [0.15, 0.2) is 32.0 Å². The highest BCUT2D eigenvalue weighted by Gasteiger charge is 2.07. The van der Waals surface area contributed by atoms with Gasteiger partial charge in [0, 0.05) is 18.7 Å². The Balaban J connectivity index is 1.78. The van der Waals surface area contributed by atoms with Gasteiger partial charge >= 0.3 is 0 Å². The third-order valence-corrected chi connectivity index (χ3v) is 4.64. The fourth-order valence-corrected chi connectivity index (χ4v) is 3.37. The quantitative estimate of drug-likeness (QED) is 0.742. The maximum Gasteiger partial charge on any atom is 0.118 e. The molecule has 0 aliphatic carbocycles. The predicted octanol–water partition coefficient (Wildman–Crippen LogP) is 4.48. The molecule has 0 aromatic carbocycles. The second-order valence-corrected chi connectivity index (χ2v) is 8.17. The van der Waals surface area contributed by atoms with Gasteiger partial charge in [0.25, 0.3) is 0 Å². The lowest BCUT2D eigenvalue weighted by molar-refractivity contribution is 0.288. The maximum absolute atomic E-state index is 5.65. The summed E-state index contributed by atoms with van der Waals surface area (Å²) in [7, 11) is 2.12. The fourth-order valence-electron chi connectivity index (χ4n) is 2.17. The number of hydrogen-bond donors (Lipinski definition) is 1. The van der Waals surface area contributed by atoms with Gasteiger partial charge in [0.2, 0.25) is 0 Å². The highest BCUT2D eigenvalue weighted by atomic mass is 79.9. The lowest BCUT2D eigenvalue weighted by Gasteiger charge is -2.13. The number of hydrogen-bond acceptors (Lipinski definition) is 4. The van der Waals surface area contributed by atoms with E-state index in [0.717, 1.165) is 31.9 Å². The molecule has 2 aromatic heterocycles. The smallest absolute Gasteiger partial charge is 0.118 e. The number of nitrogens with zero attached hydrogens (tertiary/aromatic N) is 1. The van der Waals surface area contributed by atoms with Crippen molar-refractivity contribution in [2.45, 2.75) is 33.5 Å². The average Bonchev–Trinajstić information content (AvgIpc) is 2.98. The Morgan fingerprint density at radius 3 is 2.76 bits per heavy atom. The first-order chi connectivity index (χ1) is 10.0. The van der Waals surface area contributed by atoms with Crippen molar-refractivity contribution in [3.05, 3.63) is 44.4 Å². The standard InChI is InChI=1S/C16H23BrN2OS/c1-12(2)6-18-7-13-4-15(20-10-13)9-19(3)8-14-5-16(17)21-11-14/h4-5,10-12,18H,6-9H2,1-3H3. The van der Waals surface area contributed by atoms with E-state index in [9.17, 15) is 0 Å². The molecule has 0 radical (unpaired) electrons. The largest absolute Gasteiger partial charge is 0.468 e. The Morgan fingerprint density at radius 2 is 2.10 bits per heavy atom. The second kappa shape index (κ2) is 8.13. The van der Waals surface area contributed by atoms with E-state index in [0.29, 0.717) is 5.92 Å². The summed E-state index contributed by atoms with van der Waals surface area (Å²) >= 11 is 5.23. The lowest BCUT2D eigenvalue weighted by Crippen LogP contribution is -2.18. The van der Waals surface area contributed by atoms with E-state index in [1.807, 2.05) is 6.26 Å². The molecular weight excluding hydrogens is 348 g/mol. The zero-order valence-corrected chi connectivity index (χ0v) is 15.3. The van der Waals surface area contributed by atoms with E-state index >= 15 is 0 Å². The molecule has 2 aromatic rings. The fraction of sp³-hybridized carbons (Fsp3) is 0.500. The summed E-state index contributed by atoms with van der Waals surface area (Å²) in [6.45, 7) is 8.11. The Morgan fingerprint density at radius 1 is 1.29 bits per heavy atom. The molecule has 0 saturated carbocycles. The van der Waals surface area contributed by atoms with E-state index < -0.39 is 0 Å². The highest BCUT2D eigenvalue weighted by Crippen LogP contribution is 2.22. The number of nitrogens with one attached hydrogen (secondary N) is 1. The minimum atomic E-state index is 0.674. The number of thiophene rings is 1. The molecule has 0 atom stereocenters. The van der Waals surface area contributed by atoms with Gasteiger partial charge in [0.05, 0.1) is 16.6 Å². The monoisotopic (exact) mass is 370 g/mol. The van der Waals surface area contributed by atoms with Crippen molar-refractivity contribution in [2.24, 2.45) is 5.92 Å². The Labute approximate surface area is 139 Å². The lowest BCUT2D eigenvalue weighted by atomic mass is 10.2. The molecule has 0 amide bonds. The third-order valence-electron chi connectivity index (χ3n) is 3.09. The van der Waals surface area contributed by atoms with Crippen molar-refractivity contribution in [1.29, 1.82) is 0 Å². The summed E-state index contributed by atoms with van der Waals surface area (Å²) in [6, 6.07) is 4.32. The molecule has 0 fully saturated rings. The number of halogens is 1. The van der Waals surface area contributed by atoms with Crippen LogP contribution in [0.25, 0.3) is 0 Å². The average molecular weight is 371 g/mol. The first-order valence-corrected chi connectivity index (χ1v) is 8.88. The van der Waals surface area contributed by atoms with Gasteiger partial charge in [-0.15, -0.1) is 11.3 Å². The van der Waals surface area contributed by atoms with Crippen molar-refractivity contribution < 1.29 is 4.42 Å². The maximum atomic E-state index is 5.65. The molecule has 0 spiro atoms. The van der Waals surface area contributed by atoms with Crippen LogP contribution in [0.2, 0.25) is 0 Å². The van der Waals surface area contributed by atoms with Gasteiger partial charge in [-0.2, -0.15) is 0 Å². The van der Waals surface area contributed by atoms with Crippen molar-refractivity contribution in [1.82, 2.24) is 10.2 Å². The summed E-state index contributed by atoms with van der Waals surface area (Å²) in [5.74, 6) is 1.69. The Kier molecular flexibility index (Phi) is 6.48. The summed E-state index contributed by atoms with van der Waals surface area (Å²) in [4.78, 5) is 2.26. The Hall–Kier alpha value is -0.620. The van der Waals surface area contributed by atoms with Crippen LogP contribution in [0, 0.1) is 5.92 Å². The molecule has 1 N–H and O–H groups in total. The number of furan rings is 1. The van der Waals surface area contributed by atoms with Crippen molar-refractivity contribution >= 4 is 27.3 Å². The minimum Gasteiger partial charge on any atom is -0.468 e. The summed E-state index contributed by atoms with van der Waals surface area (Å²) in [6.07, 6.45) is 1.86. The van der Waals surface area contributed by atoms with Gasteiger partial charge in [0.15, 0.2) is 0 Å². The normalized spacial score (nSPS) is 11.7. The predicted molar refractivity (Wildman–Crippen MR) is 92.4 cm³/mol. The molecule has 21 heavy (non-hydrogen) atoms. The van der Waals surface area contributed by atoms with E-state index in [-0.39, 0.29) is 0 Å². The molecule has 2 rings (SSSR count). The summed E-state index contributed by atoms with van der Waals surface area (Å²) in [5.41, 5.74) is 2.55. The summed E-state index contributed by atoms with van der Waals surface area (Å²) < 4.78 is 6.83. The van der Waals surface area contributed by atoms with Gasteiger partial charge in [-0.1, -0.05) is 13.8 Å². The van der Waals surface area contributed by atoms with Gasteiger partial charge in [-0.3, -0.25) is 4.90 Å². The van der Waals surface area contributed by atoms with Crippen LogP contribution in [0.5, 0.6) is 0 Å². The third kappa shape index (κ3) is 5.94. The number of rotatable bonds is 8. The topological polar surface area (TPSA) is 28.4 Å². The summed E-state index contributed by atoms with van der Waals surface area (Å²) in [5, 5.41) is 5.62.